The third-order valence-corrected chi connectivity index (χ3v) is 5.78. The number of halogens is 1. The molecule has 5 nitrogen and oxygen atoms in total. The molecular formula is C20H16ClN3O2S. The minimum absolute atomic E-state index is 0.329. The van der Waals surface area contributed by atoms with Crippen LogP contribution in [0.3, 0.4) is 0 Å². The van der Waals surface area contributed by atoms with Gasteiger partial charge in [-0.05, 0) is 31.2 Å². The van der Waals surface area contributed by atoms with E-state index in [0.29, 0.717) is 15.6 Å². The minimum atomic E-state index is -0.525. The quantitative estimate of drug-likeness (QED) is 0.486. The van der Waals surface area contributed by atoms with E-state index in [1.54, 1.807) is 6.20 Å². The summed E-state index contributed by atoms with van der Waals surface area (Å²) in [5, 5.41) is 1.61. The number of fused-ring (bicyclic) bond motifs is 1. The van der Waals surface area contributed by atoms with Gasteiger partial charge in [-0.3, -0.25) is 4.79 Å². The van der Waals surface area contributed by atoms with Crippen LogP contribution in [0.15, 0.2) is 54.9 Å². The zero-order valence-corrected chi connectivity index (χ0v) is 16.0. The van der Waals surface area contributed by atoms with Crippen LogP contribution >= 0.6 is 22.9 Å². The standard InChI is InChI=1S/C20H16ClN3O2S/c1-11(14-4-2-3-5-15(14)21)26-16-9-17(27-18(16)19(22)25)13-8-12-6-7-23-20(12)24-10-13/h2-11H,1H3,(H2,22,25)(H,23,24)/t11-/m1/s1. The summed E-state index contributed by atoms with van der Waals surface area (Å²) in [6, 6.07) is 13.2. The van der Waals surface area contributed by atoms with Crippen LogP contribution in [0.2, 0.25) is 5.02 Å². The third-order valence-electron chi connectivity index (χ3n) is 4.25. The number of amides is 1. The Morgan fingerprint density at radius 1 is 1.30 bits per heavy atom. The molecule has 0 aliphatic rings. The maximum Gasteiger partial charge on any atom is 0.262 e. The van der Waals surface area contributed by atoms with Crippen molar-refractivity contribution in [3.05, 3.63) is 70.3 Å². The predicted molar refractivity (Wildman–Crippen MR) is 108 cm³/mol. The number of nitrogens with two attached hydrogens (primary N) is 1. The molecule has 3 N–H and O–H groups in total. The van der Waals surface area contributed by atoms with Crippen LogP contribution in [-0.4, -0.2) is 15.9 Å². The van der Waals surface area contributed by atoms with E-state index >= 15 is 0 Å². The van der Waals surface area contributed by atoms with E-state index in [9.17, 15) is 4.79 Å². The molecule has 1 atom stereocenters. The highest BCUT2D eigenvalue weighted by Gasteiger charge is 2.20. The van der Waals surface area contributed by atoms with Crippen molar-refractivity contribution >= 4 is 39.9 Å². The average molecular weight is 398 g/mol. The monoisotopic (exact) mass is 397 g/mol. The van der Waals surface area contributed by atoms with Gasteiger partial charge in [0.2, 0.25) is 0 Å². The molecule has 0 saturated heterocycles. The van der Waals surface area contributed by atoms with Crippen LogP contribution in [-0.2, 0) is 0 Å². The number of hydrogen-bond donors (Lipinski definition) is 2. The number of hydrogen-bond acceptors (Lipinski definition) is 4. The number of H-pyrrole nitrogens is 1. The Labute approximate surface area is 164 Å². The number of aromatic nitrogens is 2. The molecule has 0 unspecified atom stereocenters. The number of carbonyl (C=O) groups excluding carboxylic acids is 1. The molecule has 3 heterocycles. The number of rotatable bonds is 5. The van der Waals surface area contributed by atoms with Crippen molar-refractivity contribution in [2.75, 3.05) is 0 Å². The first-order valence-electron chi connectivity index (χ1n) is 8.31. The molecule has 0 radical (unpaired) electrons. The van der Waals surface area contributed by atoms with Crippen molar-refractivity contribution in [1.29, 1.82) is 0 Å². The fourth-order valence-corrected chi connectivity index (χ4v) is 4.12. The molecule has 0 spiro atoms. The van der Waals surface area contributed by atoms with Gasteiger partial charge in [-0.25, -0.2) is 4.98 Å². The highest BCUT2D eigenvalue weighted by Crippen LogP contribution is 2.39. The Kier molecular flexibility index (Phi) is 4.59. The van der Waals surface area contributed by atoms with Gasteiger partial charge < -0.3 is 15.5 Å². The lowest BCUT2D eigenvalue weighted by Gasteiger charge is -2.16. The summed E-state index contributed by atoms with van der Waals surface area (Å²) in [7, 11) is 0. The number of aromatic amines is 1. The molecule has 1 aromatic carbocycles. The first-order valence-corrected chi connectivity index (χ1v) is 9.50. The van der Waals surface area contributed by atoms with E-state index in [-0.39, 0.29) is 6.10 Å². The Bertz CT molecular complexity index is 1140. The summed E-state index contributed by atoms with van der Waals surface area (Å²) >= 11 is 7.54. The molecule has 4 rings (SSSR count). The number of benzene rings is 1. The molecule has 7 heteroatoms. The SMILES string of the molecule is C[C@@H](Oc1cc(-c2cnc3[nH]ccc3c2)sc1C(N)=O)c1ccccc1Cl. The molecule has 0 aliphatic heterocycles. The van der Waals surface area contributed by atoms with Gasteiger partial charge in [0.05, 0.1) is 0 Å². The number of thiophene rings is 1. The Morgan fingerprint density at radius 2 is 2.11 bits per heavy atom. The summed E-state index contributed by atoms with van der Waals surface area (Å²) in [5.74, 6) is -0.0765. The van der Waals surface area contributed by atoms with Crippen molar-refractivity contribution in [3.63, 3.8) is 0 Å². The van der Waals surface area contributed by atoms with Crippen LogP contribution in [0, 0.1) is 0 Å². The second kappa shape index (κ2) is 7.06. The van der Waals surface area contributed by atoms with Gasteiger partial charge in [-0.15, -0.1) is 11.3 Å². The molecule has 0 fully saturated rings. The Morgan fingerprint density at radius 3 is 2.89 bits per heavy atom. The maximum absolute atomic E-state index is 11.9. The lowest BCUT2D eigenvalue weighted by Crippen LogP contribution is -2.12. The molecule has 0 aliphatic carbocycles. The van der Waals surface area contributed by atoms with Crippen LogP contribution < -0.4 is 10.5 Å². The van der Waals surface area contributed by atoms with Gasteiger partial charge in [0.15, 0.2) is 0 Å². The number of nitrogens with zero attached hydrogens (tertiary/aromatic N) is 1. The predicted octanol–water partition coefficient (Wildman–Crippen LogP) is 5.18. The number of nitrogens with one attached hydrogen (secondary N) is 1. The second-order valence-electron chi connectivity index (χ2n) is 6.09. The lowest BCUT2D eigenvalue weighted by molar-refractivity contribution is 0.0998. The number of pyridine rings is 1. The number of primary amides is 1. The normalized spacial score (nSPS) is 12.2. The second-order valence-corrected chi connectivity index (χ2v) is 7.55. The first kappa shape index (κ1) is 17.6. The van der Waals surface area contributed by atoms with E-state index in [4.69, 9.17) is 22.1 Å². The Hall–Kier alpha value is -2.83. The van der Waals surface area contributed by atoms with E-state index < -0.39 is 5.91 Å². The molecule has 0 saturated carbocycles. The van der Waals surface area contributed by atoms with Gasteiger partial charge in [-0.1, -0.05) is 29.8 Å². The fourth-order valence-electron chi connectivity index (χ4n) is 2.91. The van der Waals surface area contributed by atoms with E-state index in [0.717, 1.165) is 27.0 Å². The van der Waals surface area contributed by atoms with Crippen molar-refractivity contribution in [2.45, 2.75) is 13.0 Å². The molecule has 4 aromatic rings. The first-order chi connectivity index (χ1) is 13.0. The smallest absolute Gasteiger partial charge is 0.262 e. The molecule has 0 bridgehead atoms. The average Bonchev–Trinajstić information content (AvgIpc) is 3.28. The highest BCUT2D eigenvalue weighted by atomic mass is 35.5. The van der Waals surface area contributed by atoms with Gasteiger partial charge >= 0.3 is 0 Å². The summed E-state index contributed by atoms with van der Waals surface area (Å²) in [4.78, 5) is 20.6. The number of ether oxygens (including phenoxy) is 1. The van der Waals surface area contributed by atoms with Crippen molar-refractivity contribution in [1.82, 2.24) is 9.97 Å². The fraction of sp³-hybridized carbons (Fsp3) is 0.100. The highest BCUT2D eigenvalue weighted by molar-refractivity contribution is 7.17. The topological polar surface area (TPSA) is 81.0 Å². The van der Waals surface area contributed by atoms with Crippen LogP contribution in [0.4, 0.5) is 0 Å². The molecule has 1 amide bonds. The summed E-state index contributed by atoms with van der Waals surface area (Å²) in [6.45, 7) is 1.89. The van der Waals surface area contributed by atoms with Crippen molar-refractivity contribution in [2.24, 2.45) is 5.73 Å². The summed E-state index contributed by atoms with van der Waals surface area (Å²) in [6.07, 6.45) is 3.27. The van der Waals surface area contributed by atoms with Crippen LogP contribution in [0.25, 0.3) is 21.5 Å². The number of carbonyl (C=O) groups is 1. The molecule has 136 valence electrons. The maximum atomic E-state index is 11.9. The molecular weight excluding hydrogens is 382 g/mol. The van der Waals surface area contributed by atoms with Gasteiger partial charge in [-0.2, -0.15) is 0 Å². The summed E-state index contributed by atoms with van der Waals surface area (Å²) in [5.41, 5.74) is 8.13. The van der Waals surface area contributed by atoms with Gasteiger partial charge in [0, 0.05) is 38.8 Å². The van der Waals surface area contributed by atoms with E-state index in [2.05, 4.69) is 9.97 Å². The third kappa shape index (κ3) is 3.41. The van der Waals surface area contributed by atoms with Crippen LogP contribution in [0.1, 0.15) is 28.3 Å². The lowest BCUT2D eigenvalue weighted by atomic mass is 10.1. The summed E-state index contributed by atoms with van der Waals surface area (Å²) < 4.78 is 6.05. The van der Waals surface area contributed by atoms with E-state index in [1.165, 1.54) is 11.3 Å². The van der Waals surface area contributed by atoms with Crippen molar-refractivity contribution < 1.29 is 9.53 Å². The zero-order chi connectivity index (χ0) is 19.0. The van der Waals surface area contributed by atoms with E-state index in [1.807, 2.05) is 55.6 Å². The van der Waals surface area contributed by atoms with Crippen molar-refractivity contribution in [3.8, 4) is 16.2 Å². The molecule has 27 heavy (non-hydrogen) atoms. The molecule has 3 aromatic heterocycles. The van der Waals surface area contributed by atoms with Gasteiger partial charge in [0.1, 0.15) is 22.4 Å². The Balaban J connectivity index is 1.70. The van der Waals surface area contributed by atoms with Gasteiger partial charge in [0.25, 0.3) is 5.91 Å². The van der Waals surface area contributed by atoms with Crippen LogP contribution in [0.5, 0.6) is 5.75 Å². The largest absolute Gasteiger partial charge is 0.484 e. The zero-order valence-electron chi connectivity index (χ0n) is 14.4. The minimum Gasteiger partial charge on any atom is -0.484 e.